The molecule has 2 aromatic heterocycles. The summed E-state index contributed by atoms with van der Waals surface area (Å²) in [6, 6.07) is 21.3. The second-order valence-electron chi connectivity index (χ2n) is 13.6. The van der Waals surface area contributed by atoms with Gasteiger partial charge in [0, 0.05) is 40.1 Å². The molecule has 0 radical (unpaired) electrons. The maximum absolute atomic E-state index is 14.6. The zero-order valence-corrected chi connectivity index (χ0v) is 35.0. The first-order chi connectivity index (χ1) is 31.0. The van der Waals surface area contributed by atoms with Crippen molar-refractivity contribution in [1.82, 2.24) is 19.5 Å². The molecule has 0 saturated carbocycles. The normalized spacial score (nSPS) is 12.3. The van der Waals surface area contributed by atoms with E-state index in [1.807, 2.05) is 0 Å². The minimum Gasteiger partial charge on any atom is -0.479 e. The highest BCUT2D eigenvalue weighted by molar-refractivity contribution is 7.94. The Labute approximate surface area is 370 Å². The first-order valence-corrected chi connectivity index (χ1v) is 21.4. The fourth-order valence-corrected chi connectivity index (χ4v) is 8.49. The Morgan fingerprint density at radius 3 is 2.18 bits per heavy atom. The fourth-order valence-electron chi connectivity index (χ4n) is 7.13. The quantitative estimate of drug-likeness (QED) is 0.0146. The van der Waals surface area contributed by atoms with E-state index < -0.39 is 78.8 Å². The predicted octanol–water partition coefficient (Wildman–Crippen LogP) is 5.99. The number of nitrogens with one attached hydrogen (secondary N) is 3. The number of aromatic nitrogens is 4. The fraction of sp³-hybridized carbons (Fsp3) is 0.0250. The number of carbonyl (C=O) groups is 3. The summed E-state index contributed by atoms with van der Waals surface area (Å²) >= 11 is -2.53. The number of rotatable bonds is 15. The number of hydrogen-bond acceptors (Lipinski definition) is 19. The number of carboxylic acid groups (broad SMARTS) is 1. The maximum Gasteiger partial charge on any atom is 0.357 e. The van der Waals surface area contributed by atoms with Gasteiger partial charge in [0.15, 0.2) is 17.3 Å². The van der Waals surface area contributed by atoms with E-state index in [4.69, 9.17) is 9.44 Å². The Balaban J connectivity index is 1.30. The lowest BCUT2D eigenvalue weighted by atomic mass is 9.80. The second-order valence-corrected chi connectivity index (χ2v) is 16.3. The van der Waals surface area contributed by atoms with E-state index in [-0.39, 0.29) is 66.9 Å². The smallest absolute Gasteiger partial charge is 0.357 e. The molecule has 1 atom stereocenters. The highest BCUT2D eigenvalue weighted by Crippen LogP contribution is 2.46. The molecule has 22 nitrogen and oxygen atoms in total. The lowest BCUT2D eigenvalue weighted by Crippen LogP contribution is -2.29. The summed E-state index contributed by atoms with van der Waals surface area (Å²) in [5.74, 6) is -4.27. The molecule has 7 aromatic rings. The van der Waals surface area contributed by atoms with Gasteiger partial charge >= 0.3 is 23.3 Å². The molecule has 0 aliphatic heterocycles. The van der Waals surface area contributed by atoms with Crippen molar-refractivity contribution in [2.75, 3.05) is 16.0 Å². The lowest BCUT2D eigenvalue weighted by molar-refractivity contribution is -0.432. The third-order valence-corrected chi connectivity index (χ3v) is 11.6. The van der Waals surface area contributed by atoms with E-state index in [1.165, 1.54) is 72.3 Å². The van der Waals surface area contributed by atoms with Crippen LogP contribution in [0, 0.1) is 0 Å². The van der Waals surface area contributed by atoms with Gasteiger partial charge in [-0.3, -0.25) is 23.5 Å². The molecule has 330 valence electrons. The van der Waals surface area contributed by atoms with Crippen LogP contribution in [0.25, 0.3) is 22.0 Å². The van der Waals surface area contributed by atoms with Crippen LogP contribution in [-0.2, 0) is 37.9 Å². The Kier molecular flexibility index (Phi) is 11.9. The summed E-state index contributed by atoms with van der Waals surface area (Å²) < 4.78 is 68.6. The molecule has 0 spiro atoms. The largest absolute Gasteiger partial charge is 0.479 e. The molecule has 0 amide bonds. The van der Waals surface area contributed by atoms with Crippen LogP contribution in [0.4, 0.5) is 34.6 Å². The SMILES string of the molecule is Cn1c(=O)c(C(=O)c2cccc(SOOO)c2)c2c3c(c(Nc4cc(Nc5nc(O)nc(Nc6ccccc6C(=O)O)n5)c(S(=O)(=O)O)cc4OS(=O)O)ccc31)C(=O)c1ccccc1-2. The third kappa shape index (κ3) is 8.58. The van der Waals surface area contributed by atoms with E-state index in [1.54, 1.807) is 24.3 Å². The predicted molar refractivity (Wildman–Crippen MR) is 231 cm³/mol. The molecular weight excluding hydrogens is 915 g/mol. The molecule has 2 heterocycles. The first kappa shape index (κ1) is 44.0. The molecule has 8 rings (SSSR count). The Hall–Kier alpha value is -7.62. The zero-order chi connectivity index (χ0) is 46.3. The summed E-state index contributed by atoms with van der Waals surface area (Å²) in [6.45, 7) is 0. The highest BCUT2D eigenvalue weighted by atomic mass is 32.2. The van der Waals surface area contributed by atoms with Crippen LogP contribution in [0.1, 0.15) is 42.2 Å². The summed E-state index contributed by atoms with van der Waals surface area (Å²) in [4.78, 5) is 66.0. The van der Waals surface area contributed by atoms with Crippen molar-refractivity contribution in [2.24, 2.45) is 7.05 Å². The summed E-state index contributed by atoms with van der Waals surface area (Å²) in [7, 11) is -3.83. The van der Waals surface area contributed by atoms with Gasteiger partial charge in [-0.05, 0) is 48.0 Å². The molecular formula is C40H27N7O15S3. The monoisotopic (exact) mass is 941 g/mol. The van der Waals surface area contributed by atoms with E-state index in [9.17, 15) is 51.1 Å². The summed E-state index contributed by atoms with van der Waals surface area (Å²) in [5, 5.41) is 40.6. The van der Waals surface area contributed by atoms with E-state index in [2.05, 4.69) is 40.3 Å². The number of para-hydroxylation sites is 1. The molecule has 25 heteroatoms. The minimum absolute atomic E-state index is 0.00424. The second kappa shape index (κ2) is 17.5. The van der Waals surface area contributed by atoms with Gasteiger partial charge in [0.25, 0.3) is 15.7 Å². The minimum atomic E-state index is -5.23. The van der Waals surface area contributed by atoms with Crippen molar-refractivity contribution in [2.45, 2.75) is 9.79 Å². The van der Waals surface area contributed by atoms with Crippen molar-refractivity contribution in [3.8, 4) is 22.9 Å². The molecule has 8 N–H and O–H groups in total. The van der Waals surface area contributed by atoms with Gasteiger partial charge in [-0.2, -0.15) is 27.6 Å². The number of pyridine rings is 1. The molecule has 1 aliphatic rings. The molecule has 1 aliphatic carbocycles. The number of nitrogens with zero attached hydrogens (tertiary/aromatic N) is 4. The molecule has 5 aromatic carbocycles. The van der Waals surface area contributed by atoms with Crippen LogP contribution >= 0.6 is 12.0 Å². The average Bonchev–Trinajstić information content (AvgIpc) is 3.26. The standard InChI is InChI=1S/C40H27N7O15S3/c1-47-27-14-13-24(31-32(27)30(20-9-2-3-10-21(20)35(31)49)33(36(47)50)34(48)18-7-6-8-19(15-18)63-62-61-54)41-25-16-26(29(65(57,58)59)17-28(25)60-64(55)56)43-39-44-38(45-40(53)46-39)42-23-12-5-4-11-22(23)37(51)52/h2-17,41,54H,1H3,(H,51,52)(H,55,56)(H,57,58,59)(H3,42,43,44,45,46,53). The third-order valence-electron chi connectivity index (χ3n) is 9.78. The van der Waals surface area contributed by atoms with Crippen molar-refractivity contribution < 1.29 is 65.1 Å². The van der Waals surface area contributed by atoms with E-state index in [0.29, 0.717) is 23.0 Å². The number of benzene rings is 5. The van der Waals surface area contributed by atoms with Gasteiger partial charge in [-0.25, -0.2) is 10.1 Å². The molecule has 0 saturated heterocycles. The molecule has 0 fully saturated rings. The number of fused-ring (bicyclic) bond motifs is 2. The van der Waals surface area contributed by atoms with Gasteiger partial charge < -0.3 is 34.9 Å². The van der Waals surface area contributed by atoms with Gasteiger partial charge in [0.2, 0.25) is 11.9 Å². The van der Waals surface area contributed by atoms with Crippen LogP contribution < -0.4 is 25.7 Å². The number of ketones is 2. The van der Waals surface area contributed by atoms with Gasteiger partial charge in [0.05, 0.1) is 57.0 Å². The van der Waals surface area contributed by atoms with Crippen LogP contribution in [0.3, 0.4) is 0 Å². The van der Waals surface area contributed by atoms with Crippen molar-refractivity contribution >= 4 is 96.6 Å². The van der Waals surface area contributed by atoms with Gasteiger partial charge in [-0.15, -0.1) is 4.33 Å². The number of aromatic hydroxyl groups is 1. The molecule has 1 unspecified atom stereocenters. The first-order valence-electron chi connectivity index (χ1n) is 18.2. The number of aryl methyl sites for hydroxylation is 1. The number of carbonyl (C=O) groups excluding carboxylic acids is 2. The van der Waals surface area contributed by atoms with Gasteiger partial charge in [0.1, 0.15) is 4.90 Å². The molecule has 0 bridgehead atoms. The number of carboxylic acids is 1. The number of aromatic carboxylic acids is 1. The Morgan fingerprint density at radius 2 is 1.49 bits per heavy atom. The summed E-state index contributed by atoms with van der Waals surface area (Å²) in [6.07, 6.45) is 0. The van der Waals surface area contributed by atoms with Crippen molar-refractivity contribution in [3.63, 3.8) is 0 Å². The van der Waals surface area contributed by atoms with Crippen LogP contribution in [-0.4, -0.2) is 74.3 Å². The number of anilines is 6. The van der Waals surface area contributed by atoms with Gasteiger partial charge in [-0.1, -0.05) is 53.6 Å². The zero-order valence-electron chi connectivity index (χ0n) is 32.6. The van der Waals surface area contributed by atoms with Crippen LogP contribution in [0.15, 0.2) is 112 Å². The summed E-state index contributed by atoms with van der Waals surface area (Å²) in [5.41, 5.74) is -1.54. The highest BCUT2D eigenvalue weighted by Gasteiger charge is 2.35. The Morgan fingerprint density at radius 1 is 0.800 bits per heavy atom. The Bertz CT molecular complexity index is 3370. The van der Waals surface area contributed by atoms with Crippen molar-refractivity contribution in [1.29, 1.82) is 0 Å². The van der Waals surface area contributed by atoms with Crippen LogP contribution in [0.5, 0.6) is 11.8 Å². The average molecular weight is 942 g/mol. The van der Waals surface area contributed by atoms with Crippen molar-refractivity contribution in [3.05, 3.63) is 135 Å². The number of hydrogen-bond donors (Lipinski definition) is 8. The van der Waals surface area contributed by atoms with E-state index in [0.717, 1.165) is 6.07 Å². The van der Waals surface area contributed by atoms with E-state index >= 15 is 0 Å². The topological polar surface area (TPSA) is 328 Å². The lowest BCUT2D eigenvalue weighted by Gasteiger charge is -2.26. The van der Waals surface area contributed by atoms with Crippen LogP contribution in [0.2, 0.25) is 0 Å². The molecule has 65 heavy (non-hydrogen) atoms. The maximum atomic E-state index is 14.6.